The molecule has 0 radical (unpaired) electrons. The Morgan fingerprint density at radius 1 is 1.37 bits per heavy atom. The minimum absolute atomic E-state index is 0.0711. The molecule has 5 heteroatoms. The molecule has 1 aromatic heterocycles. The molecule has 0 unspecified atom stereocenters. The lowest BCUT2D eigenvalue weighted by molar-refractivity contribution is 0.270. The van der Waals surface area contributed by atoms with Crippen molar-refractivity contribution in [2.24, 2.45) is 0 Å². The summed E-state index contributed by atoms with van der Waals surface area (Å²) < 4.78 is 10.2. The maximum absolute atomic E-state index is 8.67. The average molecular weight is 258 g/mol. The van der Waals surface area contributed by atoms with Crippen molar-refractivity contribution in [3.63, 3.8) is 0 Å². The van der Waals surface area contributed by atoms with Crippen molar-refractivity contribution >= 4 is 0 Å². The van der Waals surface area contributed by atoms with Crippen molar-refractivity contribution in [3.05, 3.63) is 41.2 Å². The van der Waals surface area contributed by atoms with Crippen molar-refractivity contribution in [2.45, 2.75) is 20.0 Å². The first-order chi connectivity index (χ1) is 9.29. The normalized spacial score (nSPS) is 9.79. The maximum atomic E-state index is 8.67. The van der Waals surface area contributed by atoms with E-state index in [-0.39, 0.29) is 6.61 Å². The number of hydrogen-bond acceptors (Lipinski definition) is 5. The Balaban J connectivity index is 2.00. The molecule has 1 aromatic carbocycles. The van der Waals surface area contributed by atoms with Gasteiger partial charge in [-0.15, -0.1) is 0 Å². The first-order valence-corrected chi connectivity index (χ1v) is 5.90. The van der Waals surface area contributed by atoms with Crippen LogP contribution in [0.4, 0.5) is 0 Å². The third kappa shape index (κ3) is 3.83. The highest BCUT2D eigenvalue weighted by Gasteiger charge is 2.05. The number of nitrogens with zero attached hydrogens (tertiary/aromatic N) is 2. The van der Waals surface area contributed by atoms with E-state index in [0.29, 0.717) is 24.5 Å². The first kappa shape index (κ1) is 13.1. The Morgan fingerprint density at radius 3 is 3.00 bits per heavy atom. The Labute approximate surface area is 111 Å². The molecule has 0 bridgehead atoms. The third-order valence-corrected chi connectivity index (χ3v) is 2.43. The van der Waals surface area contributed by atoms with Gasteiger partial charge in [-0.3, -0.25) is 0 Å². The predicted molar refractivity (Wildman–Crippen MR) is 68.4 cm³/mol. The molecule has 0 fully saturated rings. The van der Waals surface area contributed by atoms with Gasteiger partial charge in [-0.05, 0) is 25.1 Å². The van der Waals surface area contributed by atoms with E-state index >= 15 is 0 Å². The minimum atomic E-state index is 0.0711. The molecule has 0 aliphatic carbocycles. The summed E-state index contributed by atoms with van der Waals surface area (Å²) in [5, 5.41) is 16.1. The summed E-state index contributed by atoms with van der Waals surface area (Å²) in [6, 6.07) is 7.44. The Morgan fingerprint density at radius 2 is 2.26 bits per heavy atom. The van der Waals surface area contributed by atoms with Crippen molar-refractivity contribution in [3.8, 4) is 17.6 Å². The van der Waals surface area contributed by atoms with Crippen molar-refractivity contribution in [2.75, 3.05) is 6.61 Å². The van der Waals surface area contributed by atoms with Gasteiger partial charge in [0, 0.05) is 12.0 Å². The fraction of sp³-hybridized carbons (Fsp3) is 0.286. The predicted octanol–water partition coefficient (Wildman–Crippen LogP) is 1.69. The molecule has 2 aromatic rings. The number of rotatable bonds is 4. The highest BCUT2D eigenvalue weighted by atomic mass is 16.6. The summed E-state index contributed by atoms with van der Waals surface area (Å²) in [5.41, 5.74) is 2.25. The summed E-state index contributed by atoms with van der Waals surface area (Å²) in [5.74, 6) is 6.53. The van der Waals surface area contributed by atoms with Crippen LogP contribution >= 0.6 is 0 Å². The smallest absolute Gasteiger partial charge is 0.145 e. The van der Waals surface area contributed by atoms with Gasteiger partial charge in [-0.2, -0.15) is 0 Å². The molecule has 0 saturated heterocycles. The number of aliphatic hydroxyl groups excluding tert-OH is 1. The van der Waals surface area contributed by atoms with E-state index in [1.165, 1.54) is 0 Å². The second-order valence-corrected chi connectivity index (χ2v) is 3.89. The lowest BCUT2D eigenvalue weighted by atomic mass is 10.2. The van der Waals surface area contributed by atoms with Gasteiger partial charge < -0.3 is 9.84 Å². The topological polar surface area (TPSA) is 68.4 Å². The van der Waals surface area contributed by atoms with Gasteiger partial charge in [0.25, 0.3) is 0 Å². The molecular weight excluding hydrogens is 244 g/mol. The molecular formula is C14H14N2O3. The molecule has 2 rings (SSSR count). The van der Waals surface area contributed by atoms with Gasteiger partial charge in [0.15, 0.2) is 0 Å². The Kier molecular flexibility index (Phi) is 4.54. The van der Waals surface area contributed by atoms with E-state index in [9.17, 15) is 0 Å². The second-order valence-electron chi connectivity index (χ2n) is 3.89. The number of hydrogen-bond donors (Lipinski definition) is 1. The van der Waals surface area contributed by atoms with Crippen LogP contribution in [0.25, 0.3) is 0 Å². The molecule has 0 spiro atoms. The molecule has 0 atom stereocenters. The summed E-state index contributed by atoms with van der Waals surface area (Å²) in [6.45, 7) is 2.19. The summed E-state index contributed by atoms with van der Waals surface area (Å²) in [7, 11) is 0. The number of benzene rings is 1. The molecule has 1 N–H and O–H groups in total. The quantitative estimate of drug-likeness (QED) is 0.845. The monoisotopic (exact) mass is 258 g/mol. The largest absolute Gasteiger partial charge is 0.487 e. The molecule has 0 saturated carbocycles. The van der Waals surface area contributed by atoms with Crippen molar-refractivity contribution in [1.82, 2.24) is 10.3 Å². The van der Waals surface area contributed by atoms with Crippen LogP contribution in [-0.2, 0) is 6.61 Å². The van der Waals surface area contributed by atoms with Gasteiger partial charge in [0.2, 0.25) is 0 Å². The third-order valence-electron chi connectivity index (χ3n) is 2.43. The standard InChI is InChI=1S/C14H14N2O3/c1-11-14(16-19-15-11)10-18-13-7-4-6-12(9-13)5-2-3-8-17/h4,6-7,9,17H,3,8,10H2,1H3. The van der Waals surface area contributed by atoms with E-state index in [1.807, 2.05) is 31.2 Å². The SMILES string of the molecule is Cc1nonc1COc1cccc(C#CCCO)c1. The fourth-order valence-electron chi connectivity index (χ4n) is 1.42. The van der Waals surface area contributed by atoms with Crippen molar-refractivity contribution in [1.29, 1.82) is 0 Å². The molecule has 19 heavy (non-hydrogen) atoms. The summed E-state index contributed by atoms with van der Waals surface area (Å²) in [6.07, 6.45) is 0.467. The van der Waals surface area contributed by atoms with Gasteiger partial charge in [-0.1, -0.05) is 28.2 Å². The van der Waals surface area contributed by atoms with E-state index in [4.69, 9.17) is 9.84 Å². The minimum Gasteiger partial charge on any atom is -0.487 e. The van der Waals surface area contributed by atoms with E-state index in [1.54, 1.807) is 0 Å². The van der Waals surface area contributed by atoms with Gasteiger partial charge in [0.1, 0.15) is 23.7 Å². The first-order valence-electron chi connectivity index (χ1n) is 5.90. The summed E-state index contributed by atoms with van der Waals surface area (Å²) in [4.78, 5) is 0. The second kappa shape index (κ2) is 6.57. The van der Waals surface area contributed by atoms with Crippen LogP contribution in [0.2, 0.25) is 0 Å². The van der Waals surface area contributed by atoms with Gasteiger partial charge in [-0.25, -0.2) is 4.63 Å². The van der Waals surface area contributed by atoms with Gasteiger partial charge in [0.05, 0.1) is 6.61 Å². The highest BCUT2D eigenvalue weighted by Crippen LogP contribution is 2.14. The van der Waals surface area contributed by atoms with Crippen LogP contribution < -0.4 is 4.74 Å². The summed E-state index contributed by atoms with van der Waals surface area (Å²) >= 11 is 0. The average Bonchev–Trinajstić information content (AvgIpc) is 2.83. The van der Waals surface area contributed by atoms with Crippen LogP contribution in [0.3, 0.4) is 0 Å². The zero-order chi connectivity index (χ0) is 13.5. The van der Waals surface area contributed by atoms with E-state index in [0.717, 1.165) is 11.3 Å². The van der Waals surface area contributed by atoms with E-state index < -0.39 is 0 Å². The number of aryl methyl sites for hydroxylation is 1. The van der Waals surface area contributed by atoms with Crippen LogP contribution in [0.5, 0.6) is 5.75 Å². The molecule has 0 amide bonds. The molecule has 0 aliphatic heterocycles. The lowest BCUT2D eigenvalue weighted by Crippen LogP contribution is -1.97. The number of aromatic nitrogens is 2. The maximum Gasteiger partial charge on any atom is 0.145 e. The van der Waals surface area contributed by atoms with Crippen LogP contribution in [0.15, 0.2) is 28.9 Å². The van der Waals surface area contributed by atoms with Crippen LogP contribution in [0.1, 0.15) is 23.4 Å². The van der Waals surface area contributed by atoms with Crippen molar-refractivity contribution < 1.29 is 14.5 Å². The zero-order valence-electron chi connectivity index (χ0n) is 10.6. The molecule has 5 nitrogen and oxygen atoms in total. The Hall–Kier alpha value is -2.32. The van der Waals surface area contributed by atoms with Crippen LogP contribution in [0, 0.1) is 18.8 Å². The van der Waals surface area contributed by atoms with E-state index in [2.05, 4.69) is 26.8 Å². The fourth-order valence-corrected chi connectivity index (χ4v) is 1.42. The highest BCUT2D eigenvalue weighted by molar-refractivity contribution is 5.39. The zero-order valence-corrected chi connectivity index (χ0v) is 10.6. The lowest BCUT2D eigenvalue weighted by Gasteiger charge is -2.04. The van der Waals surface area contributed by atoms with Gasteiger partial charge >= 0.3 is 0 Å². The molecule has 1 heterocycles. The molecule has 98 valence electrons. The number of ether oxygens (including phenoxy) is 1. The molecule has 0 aliphatic rings. The number of aliphatic hydroxyl groups is 1. The van der Waals surface area contributed by atoms with Crippen LogP contribution in [-0.4, -0.2) is 22.0 Å². The Bertz CT molecular complexity index is 596.